The van der Waals surface area contributed by atoms with Crippen LogP contribution in [0.3, 0.4) is 0 Å². The summed E-state index contributed by atoms with van der Waals surface area (Å²) in [5.74, 6) is 3.29. The summed E-state index contributed by atoms with van der Waals surface area (Å²) in [6.07, 6.45) is 2.08. The Balaban J connectivity index is 1.39. The Kier molecular flexibility index (Phi) is 7.63. The number of nitrogens with zero attached hydrogens (tertiary/aromatic N) is 3. The van der Waals surface area contributed by atoms with Gasteiger partial charge in [0, 0.05) is 44.6 Å². The summed E-state index contributed by atoms with van der Waals surface area (Å²) in [5.41, 5.74) is 0.859. The highest BCUT2D eigenvalue weighted by atomic mass is 16.5. The van der Waals surface area contributed by atoms with Gasteiger partial charge in [-0.3, -0.25) is 4.79 Å². The van der Waals surface area contributed by atoms with Gasteiger partial charge in [-0.25, -0.2) is 0 Å². The zero-order valence-electron chi connectivity index (χ0n) is 17.7. The molecule has 29 heavy (non-hydrogen) atoms. The van der Waals surface area contributed by atoms with Crippen LogP contribution in [0.1, 0.15) is 39.5 Å². The highest BCUT2D eigenvalue weighted by Crippen LogP contribution is 2.21. The molecule has 1 N–H and O–H groups in total. The molecule has 1 aromatic carbocycles. The quantitative estimate of drug-likeness (QED) is 0.696. The smallest absolute Gasteiger partial charge is 0.227 e. The second-order valence-corrected chi connectivity index (χ2v) is 8.02. The minimum absolute atomic E-state index is 0.0175. The standard InChI is InChI=1S/C22H32N4O3/c1-4-28-19-7-5-18(6-8-19)22-24-21(29-25-22)10-9-20(27)23-11-12-26-14-16(2)13-17(3)15-26/h5-8,16-17H,4,9-15H2,1-3H3,(H,23,27). The number of likely N-dealkylation sites (tertiary alicyclic amines) is 1. The van der Waals surface area contributed by atoms with Crippen LogP contribution in [0, 0.1) is 11.8 Å². The Morgan fingerprint density at radius 1 is 1.24 bits per heavy atom. The van der Waals surface area contributed by atoms with Crippen LogP contribution in [0.2, 0.25) is 0 Å². The molecule has 3 rings (SSSR count). The van der Waals surface area contributed by atoms with Gasteiger partial charge < -0.3 is 19.5 Å². The Morgan fingerprint density at radius 2 is 1.97 bits per heavy atom. The number of carbonyl (C=O) groups is 1. The first-order valence-corrected chi connectivity index (χ1v) is 10.6. The van der Waals surface area contributed by atoms with Crippen LogP contribution in [0.15, 0.2) is 28.8 Å². The van der Waals surface area contributed by atoms with Gasteiger partial charge in [0.05, 0.1) is 6.61 Å². The molecule has 158 valence electrons. The van der Waals surface area contributed by atoms with Crippen LogP contribution in [0.25, 0.3) is 11.4 Å². The van der Waals surface area contributed by atoms with Gasteiger partial charge in [0.25, 0.3) is 0 Å². The van der Waals surface area contributed by atoms with Crippen LogP contribution in [-0.2, 0) is 11.2 Å². The van der Waals surface area contributed by atoms with Gasteiger partial charge in [0.1, 0.15) is 5.75 Å². The molecular weight excluding hydrogens is 368 g/mol. The average molecular weight is 401 g/mol. The highest BCUT2D eigenvalue weighted by Gasteiger charge is 2.21. The summed E-state index contributed by atoms with van der Waals surface area (Å²) in [7, 11) is 0. The number of carbonyl (C=O) groups excluding carboxylic acids is 1. The van der Waals surface area contributed by atoms with Crippen molar-refractivity contribution >= 4 is 5.91 Å². The van der Waals surface area contributed by atoms with Gasteiger partial charge in [0.15, 0.2) is 0 Å². The number of piperidine rings is 1. The number of hydrogen-bond donors (Lipinski definition) is 1. The van der Waals surface area contributed by atoms with E-state index in [0.717, 1.165) is 42.8 Å². The molecule has 1 aliphatic rings. The van der Waals surface area contributed by atoms with Crippen molar-refractivity contribution in [3.05, 3.63) is 30.2 Å². The van der Waals surface area contributed by atoms with E-state index in [9.17, 15) is 4.79 Å². The number of nitrogens with one attached hydrogen (secondary N) is 1. The van der Waals surface area contributed by atoms with Gasteiger partial charge in [-0.05, 0) is 49.4 Å². The van der Waals surface area contributed by atoms with Crippen molar-refractivity contribution in [3.8, 4) is 17.1 Å². The maximum atomic E-state index is 12.1. The van der Waals surface area contributed by atoms with E-state index < -0.39 is 0 Å². The Hall–Kier alpha value is -2.41. The van der Waals surface area contributed by atoms with Gasteiger partial charge in [-0.15, -0.1) is 0 Å². The molecular formula is C22H32N4O3. The lowest BCUT2D eigenvalue weighted by Gasteiger charge is -2.34. The van der Waals surface area contributed by atoms with E-state index in [1.807, 2.05) is 31.2 Å². The third kappa shape index (κ3) is 6.56. The minimum Gasteiger partial charge on any atom is -0.494 e. The first kappa shape index (κ1) is 21.3. The number of amides is 1. The van der Waals surface area contributed by atoms with Crippen molar-refractivity contribution in [1.82, 2.24) is 20.4 Å². The lowest BCUT2D eigenvalue weighted by molar-refractivity contribution is -0.121. The lowest BCUT2D eigenvalue weighted by atomic mass is 9.92. The van der Waals surface area contributed by atoms with E-state index >= 15 is 0 Å². The number of benzene rings is 1. The zero-order chi connectivity index (χ0) is 20.6. The van der Waals surface area contributed by atoms with Crippen LogP contribution in [0.5, 0.6) is 5.75 Å². The van der Waals surface area contributed by atoms with Crippen molar-refractivity contribution in [1.29, 1.82) is 0 Å². The summed E-state index contributed by atoms with van der Waals surface area (Å²) in [5, 5.41) is 7.01. The normalized spacial score (nSPS) is 19.8. The molecule has 7 heteroatoms. The minimum atomic E-state index is 0.0175. The third-order valence-corrected chi connectivity index (χ3v) is 5.15. The van der Waals surface area contributed by atoms with Crippen LogP contribution < -0.4 is 10.1 Å². The number of hydrogen-bond acceptors (Lipinski definition) is 6. The van der Waals surface area contributed by atoms with E-state index in [4.69, 9.17) is 9.26 Å². The van der Waals surface area contributed by atoms with Crippen molar-refractivity contribution in [2.24, 2.45) is 11.8 Å². The molecule has 2 unspecified atom stereocenters. The number of rotatable bonds is 9. The van der Waals surface area contributed by atoms with E-state index in [0.29, 0.717) is 37.7 Å². The molecule has 1 saturated heterocycles. The van der Waals surface area contributed by atoms with Gasteiger partial charge in [0.2, 0.25) is 17.6 Å². The number of aryl methyl sites for hydroxylation is 1. The summed E-state index contributed by atoms with van der Waals surface area (Å²) in [6, 6.07) is 7.56. The van der Waals surface area contributed by atoms with Crippen LogP contribution >= 0.6 is 0 Å². The Morgan fingerprint density at radius 3 is 2.66 bits per heavy atom. The fourth-order valence-electron chi connectivity index (χ4n) is 3.98. The van der Waals surface area contributed by atoms with Gasteiger partial charge in [-0.1, -0.05) is 19.0 Å². The summed E-state index contributed by atoms with van der Waals surface area (Å²) in [6.45, 7) is 11.0. The number of ether oxygens (including phenoxy) is 1. The molecule has 1 amide bonds. The maximum Gasteiger partial charge on any atom is 0.227 e. The SMILES string of the molecule is CCOc1ccc(-c2noc(CCC(=O)NCCN3CC(C)CC(C)C3)n2)cc1. The third-order valence-electron chi connectivity index (χ3n) is 5.15. The molecule has 0 bridgehead atoms. The Labute approximate surface area is 172 Å². The topological polar surface area (TPSA) is 80.5 Å². The number of aromatic nitrogens is 2. The average Bonchev–Trinajstić information content (AvgIpc) is 3.15. The monoisotopic (exact) mass is 400 g/mol. The fraction of sp³-hybridized carbons (Fsp3) is 0.591. The molecule has 2 atom stereocenters. The summed E-state index contributed by atoms with van der Waals surface area (Å²) < 4.78 is 10.7. The molecule has 0 radical (unpaired) electrons. The fourth-order valence-corrected chi connectivity index (χ4v) is 3.98. The highest BCUT2D eigenvalue weighted by molar-refractivity contribution is 5.76. The molecule has 2 heterocycles. The summed E-state index contributed by atoms with van der Waals surface area (Å²) >= 11 is 0. The predicted octanol–water partition coefficient (Wildman–Crippen LogP) is 3.16. The van der Waals surface area contributed by atoms with Gasteiger partial charge >= 0.3 is 0 Å². The molecule has 0 spiro atoms. The Bertz CT molecular complexity index is 765. The second kappa shape index (κ2) is 10.4. The first-order chi connectivity index (χ1) is 14.0. The van der Waals surface area contributed by atoms with Crippen molar-refractivity contribution in [2.75, 3.05) is 32.8 Å². The van der Waals surface area contributed by atoms with E-state index in [1.165, 1.54) is 6.42 Å². The van der Waals surface area contributed by atoms with E-state index in [1.54, 1.807) is 0 Å². The molecule has 1 fully saturated rings. The van der Waals surface area contributed by atoms with Gasteiger partial charge in [-0.2, -0.15) is 4.98 Å². The summed E-state index contributed by atoms with van der Waals surface area (Å²) in [4.78, 5) is 19.0. The van der Waals surface area contributed by atoms with Crippen molar-refractivity contribution < 1.29 is 14.1 Å². The molecule has 1 aliphatic heterocycles. The zero-order valence-corrected chi connectivity index (χ0v) is 17.7. The molecule has 7 nitrogen and oxygen atoms in total. The second-order valence-electron chi connectivity index (χ2n) is 8.02. The van der Waals surface area contributed by atoms with Crippen LogP contribution in [0.4, 0.5) is 0 Å². The molecule has 2 aromatic rings. The van der Waals surface area contributed by atoms with E-state index in [-0.39, 0.29) is 5.91 Å². The molecule has 0 aliphatic carbocycles. The van der Waals surface area contributed by atoms with Crippen LogP contribution in [-0.4, -0.2) is 53.7 Å². The molecule has 1 aromatic heterocycles. The largest absolute Gasteiger partial charge is 0.494 e. The van der Waals surface area contributed by atoms with E-state index in [2.05, 4.69) is 34.2 Å². The maximum absolute atomic E-state index is 12.1. The predicted molar refractivity (Wildman–Crippen MR) is 112 cm³/mol. The first-order valence-electron chi connectivity index (χ1n) is 10.6. The van der Waals surface area contributed by atoms with Crippen molar-refractivity contribution in [2.45, 2.75) is 40.0 Å². The lowest BCUT2D eigenvalue weighted by Crippen LogP contribution is -2.42. The molecule has 0 saturated carbocycles. The van der Waals surface area contributed by atoms with Crippen molar-refractivity contribution in [3.63, 3.8) is 0 Å².